The largest absolute Gasteiger partial charge is 0.355 e. The first-order valence-corrected chi connectivity index (χ1v) is 10.7. The first kappa shape index (κ1) is 19.8. The lowest BCUT2D eigenvalue weighted by atomic mass is 9.91. The molecular weight excluding hydrogens is 367 g/mol. The number of benzene rings is 1. The van der Waals surface area contributed by atoms with Gasteiger partial charge in [-0.25, -0.2) is 4.39 Å². The van der Waals surface area contributed by atoms with Crippen LogP contribution in [0.3, 0.4) is 0 Å². The number of halogens is 1. The minimum absolute atomic E-state index is 0.109. The quantitative estimate of drug-likeness (QED) is 0.774. The smallest absolute Gasteiger partial charge is 0.225 e. The topological polar surface area (TPSA) is 49.3 Å². The van der Waals surface area contributed by atoms with E-state index in [1.165, 1.54) is 31.4 Å². The van der Waals surface area contributed by atoms with Crippen LogP contribution in [0.5, 0.6) is 0 Å². The molecule has 2 fully saturated rings. The van der Waals surface area contributed by atoms with E-state index < -0.39 is 0 Å². The van der Waals surface area contributed by atoms with E-state index in [0.717, 1.165) is 50.2 Å². The molecule has 2 aliphatic rings. The van der Waals surface area contributed by atoms with Crippen LogP contribution in [0.25, 0.3) is 11.3 Å². The summed E-state index contributed by atoms with van der Waals surface area (Å²) >= 11 is 0. The monoisotopic (exact) mass is 396 g/mol. The normalized spacial score (nSPS) is 18.6. The van der Waals surface area contributed by atoms with Crippen molar-refractivity contribution >= 4 is 11.7 Å². The molecule has 1 aliphatic carbocycles. The van der Waals surface area contributed by atoms with E-state index in [0.29, 0.717) is 17.6 Å². The molecule has 0 bridgehead atoms. The van der Waals surface area contributed by atoms with Gasteiger partial charge in [0.1, 0.15) is 5.82 Å². The van der Waals surface area contributed by atoms with Gasteiger partial charge in [0.05, 0.1) is 5.69 Å². The van der Waals surface area contributed by atoms with Crippen LogP contribution in [-0.4, -0.2) is 47.2 Å². The molecule has 1 saturated carbocycles. The molecule has 0 atom stereocenters. The number of amides is 1. The highest BCUT2D eigenvalue weighted by Gasteiger charge is 2.31. The van der Waals surface area contributed by atoms with Gasteiger partial charge in [-0.3, -0.25) is 4.79 Å². The van der Waals surface area contributed by atoms with Gasteiger partial charge < -0.3 is 9.80 Å². The molecule has 0 spiro atoms. The predicted octanol–water partition coefficient (Wildman–Crippen LogP) is 4.29. The number of nitrogens with zero attached hydrogens (tertiary/aromatic N) is 4. The molecule has 5 nitrogen and oxygen atoms in total. The molecule has 1 saturated heterocycles. The van der Waals surface area contributed by atoms with Gasteiger partial charge in [-0.15, -0.1) is 10.2 Å². The zero-order valence-corrected chi connectivity index (χ0v) is 17.1. The molecule has 0 radical (unpaired) electrons. The van der Waals surface area contributed by atoms with E-state index in [1.807, 2.05) is 30.1 Å². The van der Waals surface area contributed by atoms with Crippen LogP contribution >= 0.6 is 0 Å². The van der Waals surface area contributed by atoms with Crippen molar-refractivity contribution in [3.05, 3.63) is 42.2 Å². The Labute approximate surface area is 171 Å². The van der Waals surface area contributed by atoms with Crippen molar-refractivity contribution in [1.29, 1.82) is 0 Å². The minimum atomic E-state index is -0.279. The number of carbonyl (C=O) groups is 1. The molecule has 1 amide bonds. The van der Waals surface area contributed by atoms with E-state index >= 15 is 0 Å². The summed E-state index contributed by atoms with van der Waals surface area (Å²) in [5.74, 6) is 0.955. The van der Waals surface area contributed by atoms with Crippen LogP contribution in [-0.2, 0) is 4.79 Å². The molecule has 154 valence electrons. The Balaban J connectivity index is 1.34. The highest BCUT2D eigenvalue weighted by atomic mass is 19.1. The first-order valence-electron chi connectivity index (χ1n) is 10.7. The standard InChI is InChI=1S/C23H29FN4O/c1-27(20-8-3-2-4-9-20)23(29)17-12-14-28(15-13-17)22-11-10-21(25-26-22)18-6-5-7-19(24)16-18/h5-7,10-11,16-17,20H,2-4,8-9,12-15H2,1H3. The summed E-state index contributed by atoms with van der Waals surface area (Å²) < 4.78 is 13.4. The van der Waals surface area contributed by atoms with Crippen LogP contribution in [0.15, 0.2) is 36.4 Å². The van der Waals surface area contributed by atoms with Crippen LogP contribution < -0.4 is 4.90 Å². The van der Waals surface area contributed by atoms with Gasteiger partial charge in [0.25, 0.3) is 0 Å². The average molecular weight is 397 g/mol. The molecule has 2 aromatic rings. The number of hydrogen-bond donors (Lipinski definition) is 0. The van der Waals surface area contributed by atoms with Crippen molar-refractivity contribution in [3.8, 4) is 11.3 Å². The molecule has 2 heterocycles. The maximum atomic E-state index is 13.4. The third-order valence-electron chi connectivity index (χ3n) is 6.41. The Morgan fingerprint density at radius 1 is 1.03 bits per heavy atom. The average Bonchev–Trinajstić information content (AvgIpc) is 2.79. The lowest BCUT2D eigenvalue weighted by Gasteiger charge is -2.37. The fraction of sp³-hybridized carbons (Fsp3) is 0.522. The van der Waals surface area contributed by atoms with E-state index in [-0.39, 0.29) is 11.7 Å². The summed E-state index contributed by atoms with van der Waals surface area (Å²) in [6.07, 6.45) is 7.78. The maximum Gasteiger partial charge on any atom is 0.225 e. The lowest BCUT2D eigenvalue weighted by molar-refractivity contribution is -0.137. The minimum Gasteiger partial charge on any atom is -0.355 e. The highest BCUT2D eigenvalue weighted by Crippen LogP contribution is 2.27. The molecule has 6 heteroatoms. The first-order chi connectivity index (χ1) is 14.1. The van der Waals surface area contributed by atoms with Crippen molar-refractivity contribution in [2.45, 2.75) is 51.0 Å². The van der Waals surface area contributed by atoms with Crippen molar-refractivity contribution in [2.75, 3.05) is 25.0 Å². The lowest BCUT2D eigenvalue weighted by Crippen LogP contribution is -2.45. The van der Waals surface area contributed by atoms with Gasteiger partial charge in [0, 0.05) is 37.7 Å². The van der Waals surface area contributed by atoms with Gasteiger partial charge in [-0.2, -0.15) is 0 Å². The molecule has 1 aromatic carbocycles. The van der Waals surface area contributed by atoms with Crippen molar-refractivity contribution in [2.24, 2.45) is 5.92 Å². The third-order valence-corrected chi connectivity index (χ3v) is 6.41. The molecule has 1 aliphatic heterocycles. The maximum absolute atomic E-state index is 13.4. The zero-order chi connectivity index (χ0) is 20.2. The van der Waals surface area contributed by atoms with Gasteiger partial charge in [0.2, 0.25) is 5.91 Å². The molecule has 0 unspecified atom stereocenters. The van der Waals surface area contributed by atoms with Crippen molar-refractivity contribution in [1.82, 2.24) is 15.1 Å². The summed E-state index contributed by atoms with van der Waals surface area (Å²) in [5.41, 5.74) is 1.38. The van der Waals surface area contributed by atoms with Crippen LogP contribution in [0.2, 0.25) is 0 Å². The SMILES string of the molecule is CN(C(=O)C1CCN(c2ccc(-c3cccc(F)c3)nn2)CC1)C1CCCCC1. The number of piperidine rings is 1. The highest BCUT2D eigenvalue weighted by molar-refractivity contribution is 5.79. The Bertz CT molecular complexity index is 827. The molecule has 4 rings (SSSR count). The fourth-order valence-electron chi connectivity index (χ4n) is 4.59. The van der Waals surface area contributed by atoms with E-state index in [1.54, 1.807) is 6.07 Å². The third kappa shape index (κ3) is 4.57. The summed E-state index contributed by atoms with van der Waals surface area (Å²) in [7, 11) is 1.99. The molecular formula is C23H29FN4O. The van der Waals surface area contributed by atoms with Crippen LogP contribution in [0.1, 0.15) is 44.9 Å². The van der Waals surface area contributed by atoms with E-state index in [9.17, 15) is 9.18 Å². The van der Waals surface area contributed by atoms with Gasteiger partial charge in [-0.1, -0.05) is 31.4 Å². The molecule has 29 heavy (non-hydrogen) atoms. The second-order valence-electron chi connectivity index (χ2n) is 8.29. The molecule has 0 N–H and O–H groups in total. The van der Waals surface area contributed by atoms with E-state index in [2.05, 4.69) is 15.1 Å². The second kappa shape index (κ2) is 8.89. The van der Waals surface area contributed by atoms with Crippen LogP contribution in [0.4, 0.5) is 10.2 Å². The van der Waals surface area contributed by atoms with Crippen molar-refractivity contribution in [3.63, 3.8) is 0 Å². The van der Waals surface area contributed by atoms with Gasteiger partial charge >= 0.3 is 0 Å². The van der Waals surface area contributed by atoms with Gasteiger partial charge in [-0.05, 0) is 49.9 Å². The van der Waals surface area contributed by atoms with E-state index in [4.69, 9.17) is 0 Å². The number of rotatable bonds is 4. The predicted molar refractivity (Wildman–Crippen MR) is 112 cm³/mol. The second-order valence-corrected chi connectivity index (χ2v) is 8.29. The summed E-state index contributed by atoms with van der Waals surface area (Å²) in [4.78, 5) is 17.1. The Hall–Kier alpha value is -2.50. The number of aromatic nitrogens is 2. The Morgan fingerprint density at radius 2 is 1.79 bits per heavy atom. The Morgan fingerprint density at radius 3 is 2.45 bits per heavy atom. The Kier molecular flexibility index (Phi) is 6.07. The van der Waals surface area contributed by atoms with Crippen molar-refractivity contribution < 1.29 is 9.18 Å². The number of hydrogen-bond acceptors (Lipinski definition) is 4. The summed E-state index contributed by atoms with van der Waals surface area (Å²) in [6.45, 7) is 1.62. The van der Waals surface area contributed by atoms with Gasteiger partial charge in [0.15, 0.2) is 5.82 Å². The fourth-order valence-corrected chi connectivity index (χ4v) is 4.59. The van der Waals surface area contributed by atoms with Crippen LogP contribution in [0, 0.1) is 11.7 Å². The zero-order valence-electron chi connectivity index (χ0n) is 17.1. The summed E-state index contributed by atoms with van der Waals surface area (Å²) in [5, 5.41) is 8.62. The number of anilines is 1. The summed E-state index contributed by atoms with van der Waals surface area (Å²) in [6, 6.07) is 10.6. The number of carbonyl (C=O) groups excluding carboxylic acids is 1. The molecule has 1 aromatic heterocycles.